The first kappa shape index (κ1) is 9.46. The molecular formula is C13H12O3. The second kappa shape index (κ2) is 3.11. The van der Waals surface area contributed by atoms with Crippen molar-refractivity contribution in [3.63, 3.8) is 0 Å². The molecule has 1 aromatic heterocycles. The van der Waals surface area contributed by atoms with Crippen LogP contribution < -0.4 is 10.4 Å². The van der Waals surface area contributed by atoms with Crippen molar-refractivity contribution in [1.29, 1.82) is 0 Å². The van der Waals surface area contributed by atoms with Crippen LogP contribution in [0.15, 0.2) is 21.3 Å². The molecule has 2 aromatic rings. The van der Waals surface area contributed by atoms with E-state index in [1.807, 2.05) is 26.0 Å². The number of rotatable bonds is 0. The van der Waals surface area contributed by atoms with Crippen LogP contribution in [0.4, 0.5) is 0 Å². The van der Waals surface area contributed by atoms with Crippen molar-refractivity contribution < 1.29 is 9.15 Å². The van der Waals surface area contributed by atoms with Crippen molar-refractivity contribution >= 4 is 11.0 Å². The molecule has 0 fully saturated rings. The fourth-order valence-electron chi connectivity index (χ4n) is 2.23. The lowest BCUT2D eigenvalue weighted by molar-refractivity contribution is 0.360. The summed E-state index contributed by atoms with van der Waals surface area (Å²) < 4.78 is 10.9. The molecule has 1 aromatic carbocycles. The van der Waals surface area contributed by atoms with E-state index in [1.165, 1.54) is 0 Å². The molecule has 3 rings (SSSR count). The van der Waals surface area contributed by atoms with Gasteiger partial charge in [-0.15, -0.1) is 0 Å². The van der Waals surface area contributed by atoms with Crippen LogP contribution >= 0.6 is 0 Å². The fourth-order valence-corrected chi connectivity index (χ4v) is 2.23. The first-order valence-electron chi connectivity index (χ1n) is 5.37. The normalized spacial score (nSPS) is 13.9. The predicted molar refractivity (Wildman–Crippen MR) is 61.2 cm³/mol. The number of fused-ring (bicyclic) bond motifs is 3. The minimum Gasteiger partial charge on any atom is -0.492 e. The van der Waals surface area contributed by atoms with Gasteiger partial charge < -0.3 is 9.15 Å². The first-order valence-corrected chi connectivity index (χ1v) is 5.37. The number of ether oxygens (including phenoxy) is 1. The maximum atomic E-state index is 11.7. The number of hydrogen-bond donors (Lipinski definition) is 0. The Morgan fingerprint density at radius 3 is 2.75 bits per heavy atom. The molecule has 0 saturated heterocycles. The topological polar surface area (TPSA) is 39.4 Å². The van der Waals surface area contributed by atoms with Crippen LogP contribution in [0.5, 0.6) is 5.75 Å². The van der Waals surface area contributed by atoms with E-state index in [0.29, 0.717) is 24.2 Å². The second-order valence-corrected chi connectivity index (χ2v) is 4.20. The Labute approximate surface area is 92.6 Å². The summed E-state index contributed by atoms with van der Waals surface area (Å²) in [4.78, 5) is 11.7. The summed E-state index contributed by atoms with van der Waals surface area (Å²) in [5, 5.41) is 0.951. The van der Waals surface area contributed by atoms with Crippen LogP contribution in [0, 0.1) is 13.8 Å². The van der Waals surface area contributed by atoms with Gasteiger partial charge in [0.2, 0.25) is 0 Å². The predicted octanol–water partition coefficient (Wildman–Crippen LogP) is 2.34. The minimum absolute atomic E-state index is 0.256. The highest BCUT2D eigenvalue weighted by Gasteiger charge is 2.22. The Morgan fingerprint density at radius 2 is 1.94 bits per heavy atom. The third kappa shape index (κ3) is 1.11. The van der Waals surface area contributed by atoms with Crippen molar-refractivity contribution in [2.24, 2.45) is 0 Å². The van der Waals surface area contributed by atoms with Gasteiger partial charge in [-0.2, -0.15) is 0 Å². The van der Waals surface area contributed by atoms with E-state index in [9.17, 15) is 4.79 Å². The Kier molecular flexibility index (Phi) is 1.84. The van der Waals surface area contributed by atoms with Crippen LogP contribution in [0.2, 0.25) is 0 Å². The molecular weight excluding hydrogens is 204 g/mol. The van der Waals surface area contributed by atoms with Gasteiger partial charge in [-0.25, -0.2) is 4.79 Å². The molecule has 1 aliphatic heterocycles. The van der Waals surface area contributed by atoms with Crippen LogP contribution in [-0.4, -0.2) is 6.61 Å². The highest BCUT2D eigenvalue weighted by atomic mass is 16.5. The summed E-state index contributed by atoms with van der Waals surface area (Å²) in [5.74, 6) is 0.729. The second-order valence-electron chi connectivity index (χ2n) is 4.20. The van der Waals surface area contributed by atoms with Gasteiger partial charge >= 0.3 is 5.63 Å². The molecule has 0 saturated carbocycles. The molecule has 82 valence electrons. The molecule has 0 unspecified atom stereocenters. The van der Waals surface area contributed by atoms with Crippen molar-refractivity contribution in [3.8, 4) is 5.75 Å². The van der Waals surface area contributed by atoms with Gasteiger partial charge in [0, 0.05) is 6.42 Å². The zero-order valence-electron chi connectivity index (χ0n) is 9.29. The lowest BCUT2D eigenvalue weighted by Gasteiger charge is -2.08. The summed E-state index contributed by atoms with van der Waals surface area (Å²) >= 11 is 0. The molecule has 0 aliphatic carbocycles. The molecule has 2 heterocycles. The molecule has 0 bridgehead atoms. The van der Waals surface area contributed by atoms with Crippen molar-refractivity contribution in [2.45, 2.75) is 20.3 Å². The Balaban J connectivity index is 2.58. The van der Waals surface area contributed by atoms with E-state index >= 15 is 0 Å². The monoisotopic (exact) mass is 216 g/mol. The maximum absolute atomic E-state index is 11.7. The lowest BCUT2D eigenvalue weighted by Crippen LogP contribution is -2.05. The van der Waals surface area contributed by atoms with Crippen molar-refractivity contribution in [1.82, 2.24) is 0 Å². The van der Waals surface area contributed by atoms with Gasteiger partial charge in [-0.3, -0.25) is 0 Å². The van der Waals surface area contributed by atoms with Gasteiger partial charge in [0.05, 0.1) is 17.6 Å². The molecule has 1 aliphatic rings. The molecule has 0 atom stereocenters. The SMILES string of the molecule is Cc1ccc(C)c2c3c(c(=O)oc12)CCO3. The first-order chi connectivity index (χ1) is 7.68. The van der Waals surface area contributed by atoms with E-state index in [1.54, 1.807) is 0 Å². The van der Waals surface area contributed by atoms with Gasteiger partial charge in [-0.1, -0.05) is 12.1 Å². The molecule has 0 radical (unpaired) electrons. The van der Waals surface area contributed by atoms with Gasteiger partial charge in [0.1, 0.15) is 11.3 Å². The molecule has 0 spiro atoms. The average molecular weight is 216 g/mol. The van der Waals surface area contributed by atoms with E-state index in [0.717, 1.165) is 22.3 Å². The van der Waals surface area contributed by atoms with Gasteiger partial charge in [0.15, 0.2) is 0 Å². The van der Waals surface area contributed by atoms with E-state index in [-0.39, 0.29) is 5.63 Å². The molecule has 3 nitrogen and oxygen atoms in total. The van der Waals surface area contributed by atoms with E-state index in [2.05, 4.69) is 0 Å². The minimum atomic E-state index is -0.256. The summed E-state index contributed by atoms with van der Waals surface area (Å²) in [6, 6.07) is 3.99. The number of hydrogen-bond acceptors (Lipinski definition) is 3. The molecule has 0 N–H and O–H groups in total. The molecule has 0 amide bonds. The van der Waals surface area contributed by atoms with Crippen molar-refractivity contribution in [2.75, 3.05) is 6.61 Å². The Hall–Kier alpha value is -1.77. The van der Waals surface area contributed by atoms with Crippen LogP contribution in [0.3, 0.4) is 0 Å². The quantitative estimate of drug-likeness (QED) is 0.634. The lowest BCUT2D eigenvalue weighted by atomic mass is 10.0. The van der Waals surface area contributed by atoms with Crippen LogP contribution in [0.25, 0.3) is 11.0 Å². The summed E-state index contributed by atoms with van der Waals surface area (Å²) in [6.07, 6.45) is 0.654. The third-order valence-electron chi connectivity index (χ3n) is 3.10. The Morgan fingerprint density at radius 1 is 1.19 bits per heavy atom. The van der Waals surface area contributed by atoms with Gasteiger partial charge in [-0.05, 0) is 25.0 Å². The summed E-state index contributed by atoms with van der Waals surface area (Å²) in [6.45, 7) is 4.52. The smallest absolute Gasteiger partial charge is 0.343 e. The molecule has 16 heavy (non-hydrogen) atoms. The average Bonchev–Trinajstić information content (AvgIpc) is 2.73. The molecule has 3 heteroatoms. The Bertz CT molecular complexity index is 638. The highest BCUT2D eigenvalue weighted by Crippen LogP contribution is 2.35. The standard InChI is InChI=1S/C13H12O3/c1-7-3-4-8(2)11-10(7)12-9(5-6-15-12)13(14)16-11/h3-4H,5-6H2,1-2H3. The zero-order valence-corrected chi connectivity index (χ0v) is 9.29. The number of benzene rings is 1. The van der Waals surface area contributed by atoms with Crippen LogP contribution in [-0.2, 0) is 6.42 Å². The third-order valence-corrected chi connectivity index (χ3v) is 3.10. The number of aryl methyl sites for hydroxylation is 2. The highest BCUT2D eigenvalue weighted by molar-refractivity contribution is 5.90. The summed E-state index contributed by atoms with van der Waals surface area (Å²) in [5.41, 5.74) is 3.14. The van der Waals surface area contributed by atoms with E-state index < -0.39 is 0 Å². The maximum Gasteiger partial charge on any atom is 0.343 e. The largest absolute Gasteiger partial charge is 0.492 e. The fraction of sp³-hybridized carbons (Fsp3) is 0.308. The van der Waals surface area contributed by atoms with Gasteiger partial charge in [0.25, 0.3) is 0 Å². The van der Waals surface area contributed by atoms with Crippen LogP contribution in [0.1, 0.15) is 16.7 Å². The summed E-state index contributed by atoms with van der Waals surface area (Å²) in [7, 11) is 0. The zero-order chi connectivity index (χ0) is 11.3. The van der Waals surface area contributed by atoms with Crippen molar-refractivity contribution in [3.05, 3.63) is 39.2 Å². The van der Waals surface area contributed by atoms with E-state index in [4.69, 9.17) is 9.15 Å².